The van der Waals surface area contributed by atoms with Gasteiger partial charge >= 0.3 is 0 Å². The number of carbonyl (C=O) groups is 1. The highest BCUT2D eigenvalue weighted by Gasteiger charge is 2.34. The minimum atomic E-state index is -0.0688. The quantitative estimate of drug-likeness (QED) is 0.599. The van der Waals surface area contributed by atoms with Crippen LogP contribution >= 0.6 is 0 Å². The molecular weight excluding hydrogens is 340 g/mol. The van der Waals surface area contributed by atoms with Crippen LogP contribution in [0.1, 0.15) is 23.7 Å². The van der Waals surface area contributed by atoms with Gasteiger partial charge in [-0.2, -0.15) is 4.98 Å². The maximum absolute atomic E-state index is 12.5. The molecule has 0 unspecified atom stereocenters. The number of amides is 1. The van der Waals surface area contributed by atoms with Gasteiger partial charge in [-0.1, -0.05) is 41.1 Å². The molecule has 1 atom stereocenters. The molecular formula is C21H18N4O2. The first-order chi connectivity index (χ1) is 13.2. The van der Waals surface area contributed by atoms with E-state index < -0.39 is 0 Å². The van der Waals surface area contributed by atoms with Crippen LogP contribution in [0.15, 0.2) is 59.1 Å². The lowest BCUT2D eigenvalue weighted by Gasteiger charge is -2.16. The number of H-pyrrole nitrogens is 1. The van der Waals surface area contributed by atoms with Crippen molar-refractivity contribution in [2.75, 3.05) is 11.4 Å². The molecule has 3 heterocycles. The Kier molecular flexibility index (Phi) is 3.57. The second-order valence-electron chi connectivity index (χ2n) is 6.97. The van der Waals surface area contributed by atoms with Gasteiger partial charge in [-0.25, -0.2) is 0 Å². The van der Waals surface area contributed by atoms with Gasteiger partial charge in [0.1, 0.15) is 5.69 Å². The summed E-state index contributed by atoms with van der Waals surface area (Å²) >= 11 is 0. The number of aryl methyl sites for hydroxylation is 1. The smallest absolute Gasteiger partial charge is 0.274 e. The summed E-state index contributed by atoms with van der Waals surface area (Å²) < 4.78 is 5.46. The molecule has 1 amide bonds. The average Bonchev–Trinajstić information content (AvgIpc) is 3.39. The standard InChI is InChI=1S/C21H18N4O2/c1-13-6-8-16(9-7-13)25-12-15(11-19(25)26)20-23-21(27-24-20)18-10-14-4-2-3-5-17(14)22-18/h2-10,15,22H,11-12H2,1H3/t15-/m0/s1. The number of hydrogen-bond acceptors (Lipinski definition) is 4. The van der Waals surface area contributed by atoms with Crippen LogP contribution in [0.5, 0.6) is 0 Å². The fraction of sp³-hybridized carbons (Fsp3) is 0.190. The predicted molar refractivity (Wildman–Crippen MR) is 102 cm³/mol. The van der Waals surface area contributed by atoms with Crippen molar-refractivity contribution in [2.45, 2.75) is 19.3 Å². The van der Waals surface area contributed by atoms with Gasteiger partial charge in [-0.15, -0.1) is 0 Å². The van der Waals surface area contributed by atoms with Crippen molar-refractivity contribution in [2.24, 2.45) is 0 Å². The topological polar surface area (TPSA) is 75.0 Å². The van der Waals surface area contributed by atoms with Gasteiger partial charge in [0, 0.05) is 35.5 Å². The van der Waals surface area contributed by atoms with Crippen molar-refractivity contribution < 1.29 is 9.32 Å². The molecule has 0 saturated carbocycles. The fourth-order valence-corrected chi connectivity index (χ4v) is 3.55. The first-order valence-electron chi connectivity index (χ1n) is 8.96. The number of nitrogens with one attached hydrogen (secondary N) is 1. The number of aromatic nitrogens is 3. The van der Waals surface area contributed by atoms with E-state index in [1.165, 1.54) is 5.56 Å². The maximum Gasteiger partial charge on any atom is 0.274 e. The Labute approximate surface area is 155 Å². The van der Waals surface area contributed by atoms with Crippen LogP contribution in [0.4, 0.5) is 5.69 Å². The van der Waals surface area contributed by atoms with Crippen molar-refractivity contribution in [1.82, 2.24) is 15.1 Å². The Morgan fingerprint density at radius 1 is 1.15 bits per heavy atom. The molecule has 6 heteroatoms. The van der Waals surface area contributed by atoms with Crippen LogP contribution in [-0.2, 0) is 4.79 Å². The largest absolute Gasteiger partial charge is 0.351 e. The third-order valence-corrected chi connectivity index (χ3v) is 5.04. The highest BCUT2D eigenvalue weighted by molar-refractivity contribution is 5.96. The number of para-hydroxylation sites is 1. The van der Waals surface area contributed by atoms with Gasteiger partial charge in [-0.05, 0) is 31.2 Å². The minimum Gasteiger partial charge on any atom is -0.351 e. The van der Waals surface area contributed by atoms with Crippen LogP contribution in [0.2, 0.25) is 0 Å². The molecule has 4 aromatic rings. The Morgan fingerprint density at radius 2 is 1.96 bits per heavy atom. The summed E-state index contributed by atoms with van der Waals surface area (Å²) in [5, 5.41) is 5.23. The molecule has 0 bridgehead atoms. The number of hydrogen-bond donors (Lipinski definition) is 1. The van der Waals surface area contributed by atoms with Crippen molar-refractivity contribution in [3.05, 3.63) is 66.0 Å². The Hall–Kier alpha value is -3.41. The number of fused-ring (bicyclic) bond motifs is 1. The van der Waals surface area contributed by atoms with Gasteiger partial charge in [-0.3, -0.25) is 4.79 Å². The second-order valence-corrected chi connectivity index (χ2v) is 6.97. The van der Waals surface area contributed by atoms with Gasteiger partial charge < -0.3 is 14.4 Å². The molecule has 1 saturated heterocycles. The third-order valence-electron chi connectivity index (χ3n) is 5.04. The van der Waals surface area contributed by atoms with E-state index in [0.29, 0.717) is 24.7 Å². The van der Waals surface area contributed by atoms with Gasteiger partial charge in [0.05, 0.1) is 0 Å². The van der Waals surface area contributed by atoms with Gasteiger partial charge in [0.25, 0.3) is 5.89 Å². The van der Waals surface area contributed by atoms with Gasteiger partial charge in [0.2, 0.25) is 5.91 Å². The average molecular weight is 358 g/mol. The summed E-state index contributed by atoms with van der Waals surface area (Å²) in [5.41, 5.74) is 3.89. The second kappa shape index (κ2) is 6.09. The van der Waals surface area contributed by atoms with E-state index in [1.54, 1.807) is 4.90 Å². The number of nitrogens with zero attached hydrogens (tertiary/aromatic N) is 3. The zero-order valence-corrected chi connectivity index (χ0v) is 14.8. The molecule has 1 aliphatic heterocycles. The molecule has 2 aromatic carbocycles. The number of benzene rings is 2. The predicted octanol–water partition coefficient (Wildman–Crippen LogP) is 4.05. The van der Waals surface area contributed by atoms with Crippen LogP contribution in [0.25, 0.3) is 22.5 Å². The molecule has 2 aromatic heterocycles. The number of rotatable bonds is 3. The normalized spacial score (nSPS) is 17.1. The molecule has 0 radical (unpaired) electrons. The van der Waals surface area contributed by atoms with E-state index in [9.17, 15) is 4.79 Å². The highest BCUT2D eigenvalue weighted by Crippen LogP contribution is 2.32. The number of carbonyl (C=O) groups excluding carboxylic acids is 1. The van der Waals surface area contributed by atoms with E-state index >= 15 is 0 Å². The van der Waals surface area contributed by atoms with Crippen LogP contribution in [0, 0.1) is 6.92 Å². The van der Waals surface area contributed by atoms with E-state index in [0.717, 1.165) is 22.3 Å². The first kappa shape index (κ1) is 15.8. The molecule has 1 N–H and O–H groups in total. The molecule has 5 rings (SSSR count). The molecule has 134 valence electrons. The number of aromatic amines is 1. The summed E-state index contributed by atoms with van der Waals surface area (Å²) in [7, 11) is 0. The Balaban J connectivity index is 1.40. The van der Waals surface area contributed by atoms with Crippen molar-refractivity contribution in [3.63, 3.8) is 0 Å². The lowest BCUT2D eigenvalue weighted by Crippen LogP contribution is -2.24. The zero-order valence-electron chi connectivity index (χ0n) is 14.8. The number of anilines is 1. The van der Waals surface area contributed by atoms with Crippen molar-refractivity contribution in [1.29, 1.82) is 0 Å². The van der Waals surface area contributed by atoms with Crippen LogP contribution in [-0.4, -0.2) is 27.6 Å². The minimum absolute atomic E-state index is 0.0688. The zero-order chi connectivity index (χ0) is 18.4. The highest BCUT2D eigenvalue weighted by atomic mass is 16.5. The SMILES string of the molecule is Cc1ccc(N2C[C@@H](c3noc(-c4cc5ccccc5[nH]4)n3)CC2=O)cc1. The van der Waals surface area contributed by atoms with Gasteiger partial charge in [0.15, 0.2) is 5.82 Å². The van der Waals surface area contributed by atoms with E-state index in [2.05, 4.69) is 15.1 Å². The summed E-state index contributed by atoms with van der Waals surface area (Å²) in [6.07, 6.45) is 0.388. The molecule has 0 spiro atoms. The van der Waals surface area contributed by atoms with Crippen LogP contribution < -0.4 is 4.90 Å². The lowest BCUT2D eigenvalue weighted by atomic mass is 10.1. The van der Waals surface area contributed by atoms with E-state index in [4.69, 9.17) is 4.52 Å². The van der Waals surface area contributed by atoms with E-state index in [-0.39, 0.29) is 11.8 Å². The van der Waals surface area contributed by atoms with Crippen molar-refractivity contribution in [3.8, 4) is 11.6 Å². The first-order valence-corrected chi connectivity index (χ1v) is 8.96. The Bertz CT molecular complexity index is 1090. The Morgan fingerprint density at radius 3 is 2.78 bits per heavy atom. The summed E-state index contributed by atoms with van der Waals surface area (Å²) in [6.45, 7) is 2.59. The van der Waals surface area contributed by atoms with E-state index in [1.807, 2.05) is 61.5 Å². The monoisotopic (exact) mass is 358 g/mol. The summed E-state index contributed by atoms with van der Waals surface area (Å²) in [6, 6.07) is 18.0. The summed E-state index contributed by atoms with van der Waals surface area (Å²) in [5.74, 6) is 1.04. The lowest BCUT2D eigenvalue weighted by molar-refractivity contribution is -0.117. The fourth-order valence-electron chi connectivity index (χ4n) is 3.55. The third kappa shape index (κ3) is 2.79. The van der Waals surface area contributed by atoms with Crippen LogP contribution in [0.3, 0.4) is 0 Å². The molecule has 1 fully saturated rings. The maximum atomic E-state index is 12.5. The molecule has 0 aliphatic carbocycles. The summed E-state index contributed by atoms with van der Waals surface area (Å²) in [4.78, 5) is 22.1. The molecule has 1 aliphatic rings. The van der Waals surface area contributed by atoms with Crippen molar-refractivity contribution >= 4 is 22.5 Å². The molecule has 6 nitrogen and oxygen atoms in total. The molecule has 27 heavy (non-hydrogen) atoms.